The van der Waals surface area contributed by atoms with Crippen molar-refractivity contribution in [2.45, 2.75) is 13.8 Å². The van der Waals surface area contributed by atoms with Crippen LogP contribution in [0.2, 0.25) is 0 Å². The van der Waals surface area contributed by atoms with Crippen molar-refractivity contribution in [3.05, 3.63) is 29.3 Å². The van der Waals surface area contributed by atoms with E-state index in [9.17, 15) is 8.42 Å². The zero-order valence-corrected chi connectivity index (χ0v) is 9.30. The Bertz CT molecular complexity index is 440. The maximum atomic E-state index is 11.1. The molecule has 0 heterocycles. The maximum absolute atomic E-state index is 11.1. The van der Waals surface area contributed by atoms with Gasteiger partial charge in [0.25, 0.3) is 0 Å². The van der Waals surface area contributed by atoms with Crippen LogP contribution in [0, 0.1) is 13.8 Å². The van der Waals surface area contributed by atoms with Gasteiger partial charge in [0.15, 0.2) is 0 Å². The van der Waals surface area contributed by atoms with E-state index < -0.39 is 10.0 Å². The molecule has 0 aromatic heterocycles. The lowest BCUT2D eigenvalue weighted by molar-refractivity contribution is 0.598. The lowest BCUT2D eigenvalue weighted by Gasteiger charge is -2.16. The Morgan fingerprint density at radius 1 is 1.21 bits per heavy atom. The molecule has 78 valence electrons. The third-order valence-corrected chi connectivity index (χ3v) is 3.03. The Hall–Kier alpha value is -1.07. The van der Waals surface area contributed by atoms with E-state index in [0.717, 1.165) is 21.8 Å². The van der Waals surface area contributed by atoms with Crippen LogP contribution in [0.25, 0.3) is 0 Å². The number of anilines is 1. The zero-order chi connectivity index (χ0) is 10.9. The van der Waals surface area contributed by atoms with Crippen LogP contribution in [0.4, 0.5) is 5.69 Å². The Morgan fingerprint density at radius 2 is 1.79 bits per heavy atom. The highest BCUT2D eigenvalue weighted by Gasteiger charge is 2.12. The van der Waals surface area contributed by atoms with Gasteiger partial charge in [0.05, 0.1) is 11.9 Å². The van der Waals surface area contributed by atoms with Crippen molar-refractivity contribution < 1.29 is 8.42 Å². The van der Waals surface area contributed by atoms with E-state index in [-0.39, 0.29) is 0 Å². The highest BCUT2D eigenvalue weighted by molar-refractivity contribution is 7.92. The zero-order valence-electron chi connectivity index (χ0n) is 8.48. The van der Waals surface area contributed by atoms with E-state index >= 15 is 0 Å². The normalized spacial score (nSPS) is 11.4. The highest BCUT2D eigenvalue weighted by Crippen LogP contribution is 2.17. The van der Waals surface area contributed by atoms with Gasteiger partial charge in [-0.25, -0.2) is 18.7 Å². The van der Waals surface area contributed by atoms with Gasteiger partial charge in [0.1, 0.15) is 0 Å². The smallest absolute Gasteiger partial charge is 0.233 e. The second-order valence-electron chi connectivity index (χ2n) is 3.33. The van der Waals surface area contributed by atoms with E-state index in [1.54, 1.807) is 12.1 Å². The number of benzene rings is 1. The van der Waals surface area contributed by atoms with Crippen LogP contribution < -0.4 is 10.3 Å². The van der Waals surface area contributed by atoms with Gasteiger partial charge in [-0.3, -0.25) is 0 Å². The fraction of sp³-hybridized carbons (Fsp3) is 0.333. The topological polar surface area (TPSA) is 63.4 Å². The molecule has 0 aliphatic carbocycles. The number of hydrogen-bond acceptors (Lipinski definition) is 3. The Balaban J connectivity index is 3.16. The molecule has 0 bridgehead atoms. The monoisotopic (exact) mass is 214 g/mol. The van der Waals surface area contributed by atoms with Crippen molar-refractivity contribution in [2.75, 3.05) is 10.7 Å². The van der Waals surface area contributed by atoms with Crippen molar-refractivity contribution in [3.8, 4) is 0 Å². The molecule has 0 radical (unpaired) electrons. The van der Waals surface area contributed by atoms with Crippen LogP contribution in [0.15, 0.2) is 18.2 Å². The van der Waals surface area contributed by atoms with Gasteiger partial charge in [-0.05, 0) is 37.1 Å². The third kappa shape index (κ3) is 2.24. The molecule has 14 heavy (non-hydrogen) atoms. The first-order valence-corrected chi connectivity index (χ1v) is 5.99. The number of sulfonamides is 1. The molecule has 1 aromatic carbocycles. The minimum Gasteiger partial charge on any atom is -0.233 e. The summed E-state index contributed by atoms with van der Waals surface area (Å²) in [6.45, 7) is 3.87. The van der Waals surface area contributed by atoms with Gasteiger partial charge in [-0.2, -0.15) is 0 Å². The minimum atomic E-state index is -3.37. The van der Waals surface area contributed by atoms with Gasteiger partial charge in [0, 0.05) is 0 Å². The van der Waals surface area contributed by atoms with E-state index in [2.05, 4.69) is 0 Å². The minimum absolute atomic E-state index is 0.482. The molecular weight excluding hydrogens is 200 g/mol. The average molecular weight is 214 g/mol. The first-order chi connectivity index (χ1) is 6.32. The third-order valence-electron chi connectivity index (χ3n) is 2.10. The fourth-order valence-corrected chi connectivity index (χ4v) is 1.55. The van der Waals surface area contributed by atoms with Gasteiger partial charge in [0.2, 0.25) is 10.0 Å². The summed E-state index contributed by atoms with van der Waals surface area (Å²) in [5.41, 5.74) is 2.60. The Morgan fingerprint density at radius 3 is 2.21 bits per heavy atom. The molecule has 0 saturated carbocycles. The SMILES string of the molecule is Cc1ccc(N(N)S(C)(=O)=O)cc1C. The fourth-order valence-electron chi connectivity index (χ4n) is 1.05. The summed E-state index contributed by atoms with van der Waals surface area (Å²) in [6, 6.07) is 5.27. The molecule has 0 saturated heterocycles. The molecule has 0 unspecified atom stereocenters. The molecule has 0 aliphatic rings. The second kappa shape index (κ2) is 3.59. The number of aryl methyl sites for hydroxylation is 2. The van der Waals surface area contributed by atoms with Crippen molar-refractivity contribution in [2.24, 2.45) is 5.84 Å². The lowest BCUT2D eigenvalue weighted by atomic mass is 10.1. The molecule has 5 heteroatoms. The first-order valence-electron chi connectivity index (χ1n) is 4.14. The van der Waals surface area contributed by atoms with Crippen molar-refractivity contribution >= 4 is 15.7 Å². The van der Waals surface area contributed by atoms with Gasteiger partial charge >= 0.3 is 0 Å². The molecule has 4 nitrogen and oxygen atoms in total. The standard InChI is InChI=1S/C9H14N2O2S/c1-7-4-5-9(6-8(7)2)11(10)14(3,12)13/h4-6H,10H2,1-3H3. The lowest BCUT2D eigenvalue weighted by Crippen LogP contribution is -2.36. The van der Waals surface area contributed by atoms with Crippen LogP contribution in [0.3, 0.4) is 0 Å². The Kier molecular flexibility index (Phi) is 2.82. The number of nitrogens with zero attached hydrogens (tertiary/aromatic N) is 1. The number of hydrogen-bond donors (Lipinski definition) is 1. The summed E-state index contributed by atoms with van der Waals surface area (Å²) in [5, 5.41) is 0. The van der Waals surface area contributed by atoms with Crippen LogP contribution in [0.5, 0.6) is 0 Å². The van der Waals surface area contributed by atoms with Gasteiger partial charge in [-0.1, -0.05) is 6.07 Å². The van der Waals surface area contributed by atoms with Gasteiger partial charge in [-0.15, -0.1) is 0 Å². The predicted octanol–water partition coefficient (Wildman–Crippen LogP) is 0.943. The van der Waals surface area contributed by atoms with Crippen LogP contribution in [-0.4, -0.2) is 14.7 Å². The van der Waals surface area contributed by atoms with Gasteiger partial charge < -0.3 is 0 Å². The number of rotatable bonds is 2. The second-order valence-corrected chi connectivity index (χ2v) is 5.19. The van der Waals surface area contributed by atoms with Crippen molar-refractivity contribution in [1.82, 2.24) is 0 Å². The molecule has 0 amide bonds. The van der Waals surface area contributed by atoms with Crippen molar-refractivity contribution in [3.63, 3.8) is 0 Å². The summed E-state index contributed by atoms with van der Waals surface area (Å²) in [7, 11) is -3.37. The van der Waals surface area contributed by atoms with E-state index in [1.165, 1.54) is 0 Å². The summed E-state index contributed by atoms with van der Waals surface area (Å²) < 4.78 is 23.0. The first kappa shape index (κ1) is 11.0. The van der Waals surface area contributed by atoms with Crippen LogP contribution >= 0.6 is 0 Å². The predicted molar refractivity (Wildman–Crippen MR) is 57.4 cm³/mol. The maximum Gasteiger partial charge on any atom is 0.245 e. The molecule has 0 spiro atoms. The summed E-state index contributed by atoms with van der Waals surface area (Å²) in [6.07, 6.45) is 1.07. The summed E-state index contributed by atoms with van der Waals surface area (Å²) >= 11 is 0. The number of hydrazine groups is 1. The molecule has 0 fully saturated rings. The van der Waals surface area contributed by atoms with Crippen LogP contribution in [-0.2, 0) is 10.0 Å². The highest BCUT2D eigenvalue weighted by atomic mass is 32.2. The van der Waals surface area contributed by atoms with E-state index in [4.69, 9.17) is 5.84 Å². The Labute approximate surface area is 84.4 Å². The molecule has 2 N–H and O–H groups in total. The molecule has 0 aliphatic heterocycles. The summed E-state index contributed by atoms with van der Waals surface area (Å²) in [4.78, 5) is 0. The van der Waals surface area contributed by atoms with Crippen molar-refractivity contribution in [1.29, 1.82) is 0 Å². The quantitative estimate of drug-likeness (QED) is 0.588. The number of nitrogens with two attached hydrogens (primary N) is 1. The molecule has 0 atom stereocenters. The largest absolute Gasteiger partial charge is 0.245 e. The molecule has 1 aromatic rings. The van der Waals surface area contributed by atoms with E-state index in [0.29, 0.717) is 5.69 Å². The van der Waals surface area contributed by atoms with Crippen LogP contribution in [0.1, 0.15) is 11.1 Å². The average Bonchev–Trinajstić information content (AvgIpc) is 2.07. The summed E-state index contributed by atoms with van der Waals surface area (Å²) in [5.74, 6) is 5.44. The van der Waals surface area contributed by atoms with E-state index in [1.807, 2.05) is 19.9 Å². The molecular formula is C9H14N2O2S. The molecule has 1 rings (SSSR count).